The van der Waals surface area contributed by atoms with Crippen LogP contribution in [0.15, 0.2) is 91.0 Å². The molecule has 0 unspecified atom stereocenters. The number of rotatable bonds is 11. The first-order chi connectivity index (χ1) is 18.3. The summed E-state index contributed by atoms with van der Waals surface area (Å²) in [6.45, 7) is -1.12. The Morgan fingerprint density at radius 1 is 0.737 bits per heavy atom. The molecule has 1 N–H and O–H groups in total. The van der Waals surface area contributed by atoms with Gasteiger partial charge < -0.3 is 19.3 Å². The van der Waals surface area contributed by atoms with Crippen LogP contribution in [0.2, 0.25) is 0 Å². The van der Waals surface area contributed by atoms with Crippen molar-refractivity contribution in [2.45, 2.75) is 25.8 Å². The Hall–Kier alpha value is -4.53. The minimum Gasteiger partial charge on any atom is -0.483 e. The second-order valence-electron chi connectivity index (χ2n) is 8.36. The molecule has 1 heterocycles. The molecule has 0 atom stereocenters. The number of halogens is 3. The molecule has 0 aliphatic heterocycles. The minimum absolute atomic E-state index is 0.0826. The van der Waals surface area contributed by atoms with Gasteiger partial charge in [0.1, 0.15) is 19.0 Å². The zero-order valence-electron chi connectivity index (χ0n) is 20.1. The number of benzene rings is 3. The predicted octanol–water partition coefficient (Wildman–Crippen LogP) is 6.47. The number of ether oxygens (including phenoxy) is 3. The lowest BCUT2D eigenvalue weighted by molar-refractivity contribution is -0.153. The predicted molar refractivity (Wildman–Crippen MR) is 134 cm³/mol. The van der Waals surface area contributed by atoms with Gasteiger partial charge in [-0.2, -0.15) is 18.2 Å². The molecule has 0 spiro atoms. The molecule has 6 nitrogen and oxygen atoms in total. The van der Waals surface area contributed by atoms with E-state index in [4.69, 9.17) is 14.2 Å². The highest BCUT2D eigenvalue weighted by molar-refractivity contribution is 5.77. The first-order valence-electron chi connectivity index (χ1n) is 11.7. The van der Waals surface area contributed by atoms with E-state index < -0.39 is 18.8 Å². The topological polar surface area (TPSA) is 77.9 Å². The largest absolute Gasteiger partial charge is 0.483 e. The maximum Gasteiger partial charge on any atom is 0.422 e. The number of hydrogen-bond acceptors (Lipinski definition) is 5. The Bertz CT molecular complexity index is 1360. The Morgan fingerprint density at radius 3 is 1.97 bits per heavy atom. The van der Waals surface area contributed by atoms with E-state index >= 15 is 0 Å². The molecule has 4 aromatic rings. The summed E-state index contributed by atoms with van der Waals surface area (Å²) in [7, 11) is 0. The molecule has 196 valence electrons. The summed E-state index contributed by atoms with van der Waals surface area (Å²) in [4.78, 5) is 15.8. The van der Waals surface area contributed by atoms with Crippen molar-refractivity contribution in [1.29, 1.82) is 0 Å². The first kappa shape index (κ1) is 26.5. The molecule has 38 heavy (non-hydrogen) atoms. The molecule has 0 aliphatic carbocycles. The summed E-state index contributed by atoms with van der Waals surface area (Å²) in [6, 6.07) is 26.1. The highest BCUT2D eigenvalue weighted by atomic mass is 19.4. The van der Waals surface area contributed by atoms with Gasteiger partial charge in [0.2, 0.25) is 11.8 Å². The smallest absolute Gasteiger partial charge is 0.422 e. The van der Waals surface area contributed by atoms with Crippen LogP contribution in [0.3, 0.4) is 0 Å². The summed E-state index contributed by atoms with van der Waals surface area (Å²) in [5, 5.41) is 9.23. The first-order valence-corrected chi connectivity index (χ1v) is 11.7. The second-order valence-corrected chi connectivity index (χ2v) is 8.36. The van der Waals surface area contributed by atoms with Gasteiger partial charge in [-0.25, -0.2) is 0 Å². The van der Waals surface area contributed by atoms with Gasteiger partial charge >= 0.3 is 12.1 Å². The van der Waals surface area contributed by atoms with Gasteiger partial charge in [0.15, 0.2) is 6.61 Å². The van der Waals surface area contributed by atoms with Crippen molar-refractivity contribution >= 4 is 5.97 Å². The van der Waals surface area contributed by atoms with Gasteiger partial charge in [-0.3, -0.25) is 4.79 Å². The molecule has 9 heteroatoms. The molecule has 0 aliphatic rings. The van der Waals surface area contributed by atoms with Crippen molar-refractivity contribution in [3.63, 3.8) is 0 Å². The van der Waals surface area contributed by atoms with Gasteiger partial charge in [-0.05, 0) is 34.9 Å². The Kier molecular flexibility index (Phi) is 8.47. The van der Waals surface area contributed by atoms with Crippen molar-refractivity contribution in [3.05, 3.63) is 108 Å². The number of hydrogen-bond donors (Lipinski definition) is 1. The Balaban J connectivity index is 1.71. The van der Waals surface area contributed by atoms with E-state index in [1.165, 1.54) is 18.2 Å². The van der Waals surface area contributed by atoms with Crippen molar-refractivity contribution in [2.75, 3.05) is 6.61 Å². The quantitative estimate of drug-likeness (QED) is 0.243. The fourth-order valence-corrected chi connectivity index (χ4v) is 3.63. The van der Waals surface area contributed by atoms with Crippen molar-refractivity contribution < 1.29 is 37.3 Å². The van der Waals surface area contributed by atoms with Crippen molar-refractivity contribution in [2.24, 2.45) is 0 Å². The summed E-state index contributed by atoms with van der Waals surface area (Å²) in [6.07, 6.45) is -4.88. The van der Waals surface area contributed by atoms with E-state index in [-0.39, 0.29) is 42.7 Å². The maximum absolute atomic E-state index is 12.9. The SMILES string of the molecule is O=C(O)Cc1ccc(OCC(F)(F)F)c(-c2ccc(OCc3ccccc3)nc2OCc2ccccc2)c1. The molecule has 0 radical (unpaired) electrons. The lowest BCUT2D eigenvalue weighted by Crippen LogP contribution is -2.19. The molecule has 4 rings (SSSR count). The number of pyridine rings is 1. The summed E-state index contributed by atoms with van der Waals surface area (Å²) >= 11 is 0. The van der Waals surface area contributed by atoms with Crippen LogP contribution in [0.25, 0.3) is 11.1 Å². The molecule has 1 aromatic heterocycles. The molecule has 0 amide bonds. The van der Waals surface area contributed by atoms with E-state index in [0.29, 0.717) is 11.1 Å². The third kappa shape index (κ3) is 7.73. The van der Waals surface area contributed by atoms with Crippen LogP contribution in [0.5, 0.6) is 17.5 Å². The van der Waals surface area contributed by atoms with Crippen LogP contribution >= 0.6 is 0 Å². The summed E-state index contributed by atoms with van der Waals surface area (Å²) in [5.41, 5.74) is 2.71. The standard InChI is InChI=1S/C29H24F3NO5/c30-29(31,32)19-38-25-13-11-22(16-27(34)35)15-24(25)23-12-14-26(36-17-20-7-3-1-4-8-20)33-28(23)37-18-21-9-5-2-6-10-21/h1-15H,16-19H2,(H,34,35). The van der Waals surface area contributed by atoms with Crippen LogP contribution in [0.4, 0.5) is 13.2 Å². The van der Waals surface area contributed by atoms with Crippen LogP contribution in [-0.2, 0) is 24.4 Å². The highest BCUT2D eigenvalue weighted by Gasteiger charge is 2.29. The molecular weight excluding hydrogens is 499 g/mol. The summed E-state index contributed by atoms with van der Waals surface area (Å²) < 4.78 is 55.7. The average molecular weight is 524 g/mol. The number of aromatic nitrogens is 1. The molecule has 0 bridgehead atoms. The van der Waals surface area contributed by atoms with E-state index in [2.05, 4.69) is 4.98 Å². The fourth-order valence-electron chi connectivity index (χ4n) is 3.63. The van der Waals surface area contributed by atoms with Crippen LogP contribution in [0.1, 0.15) is 16.7 Å². The zero-order chi connectivity index (χ0) is 27.0. The lowest BCUT2D eigenvalue weighted by atomic mass is 10.0. The van der Waals surface area contributed by atoms with Crippen LogP contribution in [0, 0.1) is 0 Å². The van der Waals surface area contributed by atoms with E-state index in [1.807, 2.05) is 60.7 Å². The van der Waals surface area contributed by atoms with Crippen LogP contribution < -0.4 is 14.2 Å². The van der Waals surface area contributed by atoms with E-state index in [9.17, 15) is 23.1 Å². The molecule has 0 fully saturated rings. The number of carboxylic acids is 1. The Labute approximate surface area is 217 Å². The molecule has 3 aromatic carbocycles. The third-order valence-electron chi connectivity index (χ3n) is 5.36. The number of aliphatic carboxylic acids is 1. The number of carboxylic acid groups (broad SMARTS) is 1. The zero-order valence-corrected chi connectivity index (χ0v) is 20.1. The Morgan fingerprint density at radius 2 is 1.37 bits per heavy atom. The second kappa shape index (κ2) is 12.1. The van der Waals surface area contributed by atoms with Gasteiger partial charge in [0.25, 0.3) is 0 Å². The van der Waals surface area contributed by atoms with Gasteiger partial charge in [-0.15, -0.1) is 0 Å². The normalized spacial score (nSPS) is 11.1. The maximum atomic E-state index is 12.9. The van der Waals surface area contributed by atoms with E-state index in [1.54, 1.807) is 12.1 Å². The third-order valence-corrected chi connectivity index (χ3v) is 5.36. The molecular formula is C29H24F3NO5. The van der Waals surface area contributed by atoms with Crippen LogP contribution in [-0.4, -0.2) is 28.8 Å². The van der Waals surface area contributed by atoms with Gasteiger partial charge in [-0.1, -0.05) is 66.7 Å². The average Bonchev–Trinajstić information content (AvgIpc) is 2.90. The van der Waals surface area contributed by atoms with Crippen molar-refractivity contribution in [1.82, 2.24) is 4.98 Å². The minimum atomic E-state index is -4.56. The van der Waals surface area contributed by atoms with Gasteiger partial charge in [0, 0.05) is 17.2 Å². The van der Waals surface area contributed by atoms with Gasteiger partial charge in [0.05, 0.1) is 6.42 Å². The fraction of sp³-hybridized carbons (Fsp3) is 0.172. The summed E-state index contributed by atoms with van der Waals surface area (Å²) in [5.74, 6) is -0.812. The molecule has 0 saturated heterocycles. The monoisotopic (exact) mass is 523 g/mol. The lowest BCUT2D eigenvalue weighted by Gasteiger charge is -2.17. The van der Waals surface area contributed by atoms with Crippen molar-refractivity contribution in [3.8, 4) is 28.6 Å². The number of carbonyl (C=O) groups is 1. The number of alkyl halides is 3. The highest BCUT2D eigenvalue weighted by Crippen LogP contribution is 2.38. The number of nitrogens with zero attached hydrogens (tertiary/aromatic N) is 1. The van der Waals surface area contributed by atoms with E-state index in [0.717, 1.165) is 11.1 Å². The molecule has 0 saturated carbocycles.